The SMILES string of the molecule is COc1ccc(Cl)cc1NC(=O)CN(C)Cc1cc(-c2ccc(Cl)cc2)no1. The lowest BCUT2D eigenvalue weighted by molar-refractivity contribution is -0.117. The number of hydrogen-bond acceptors (Lipinski definition) is 5. The Labute approximate surface area is 173 Å². The summed E-state index contributed by atoms with van der Waals surface area (Å²) in [6, 6.07) is 14.2. The zero-order chi connectivity index (χ0) is 20.1. The number of methoxy groups -OCH3 is 1. The van der Waals surface area contributed by atoms with Gasteiger partial charge in [0.2, 0.25) is 5.91 Å². The van der Waals surface area contributed by atoms with Gasteiger partial charge in [0, 0.05) is 21.7 Å². The number of carbonyl (C=O) groups is 1. The molecule has 0 bridgehead atoms. The van der Waals surface area contributed by atoms with Crippen LogP contribution in [0.2, 0.25) is 10.0 Å². The fraction of sp³-hybridized carbons (Fsp3) is 0.200. The number of nitrogens with zero attached hydrogens (tertiary/aromatic N) is 2. The first kappa shape index (κ1) is 20.2. The van der Waals surface area contributed by atoms with Crippen LogP contribution in [0, 0.1) is 0 Å². The minimum Gasteiger partial charge on any atom is -0.495 e. The number of ether oxygens (including phenoxy) is 1. The number of halogens is 2. The summed E-state index contributed by atoms with van der Waals surface area (Å²) in [5.74, 6) is 1.00. The van der Waals surface area contributed by atoms with E-state index in [1.165, 1.54) is 7.11 Å². The van der Waals surface area contributed by atoms with Crippen LogP contribution in [0.3, 0.4) is 0 Å². The van der Waals surface area contributed by atoms with Crippen molar-refractivity contribution in [3.63, 3.8) is 0 Å². The summed E-state index contributed by atoms with van der Waals surface area (Å²) in [7, 11) is 3.35. The Morgan fingerprint density at radius 2 is 1.86 bits per heavy atom. The van der Waals surface area contributed by atoms with Gasteiger partial charge < -0.3 is 14.6 Å². The summed E-state index contributed by atoms with van der Waals surface area (Å²) in [6.07, 6.45) is 0. The largest absolute Gasteiger partial charge is 0.495 e. The molecule has 3 rings (SSSR count). The van der Waals surface area contributed by atoms with Gasteiger partial charge in [0.05, 0.1) is 25.9 Å². The van der Waals surface area contributed by atoms with E-state index in [1.807, 2.05) is 30.1 Å². The van der Waals surface area contributed by atoms with Crippen molar-refractivity contribution >= 4 is 34.8 Å². The van der Waals surface area contributed by atoms with E-state index < -0.39 is 0 Å². The molecule has 0 aliphatic rings. The second-order valence-electron chi connectivity index (χ2n) is 6.25. The zero-order valence-corrected chi connectivity index (χ0v) is 16.9. The molecule has 2 aromatic carbocycles. The summed E-state index contributed by atoms with van der Waals surface area (Å²) in [5.41, 5.74) is 2.15. The van der Waals surface area contributed by atoms with E-state index in [4.69, 9.17) is 32.5 Å². The van der Waals surface area contributed by atoms with Crippen molar-refractivity contribution in [1.29, 1.82) is 0 Å². The van der Waals surface area contributed by atoms with Gasteiger partial charge in [-0.25, -0.2) is 0 Å². The van der Waals surface area contributed by atoms with Gasteiger partial charge in [-0.15, -0.1) is 0 Å². The molecule has 0 fully saturated rings. The minimum absolute atomic E-state index is 0.159. The molecule has 0 radical (unpaired) electrons. The second-order valence-corrected chi connectivity index (χ2v) is 7.12. The van der Waals surface area contributed by atoms with Gasteiger partial charge in [-0.3, -0.25) is 9.69 Å². The molecule has 3 aromatic rings. The molecule has 28 heavy (non-hydrogen) atoms. The lowest BCUT2D eigenvalue weighted by Crippen LogP contribution is -2.29. The molecule has 1 N–H and O–H groups in total. The molecule has 146 valence electrons. The molecule has 0 aliphatic carbocycles. The van der Waals surface area contributed by atoms with Gasteiger partial charge >= 0.3 is 0 Å². The topological polar surface area (TPSA) is 67.6 Å². The van der Waals surface area contributed by atoms with Crippen molar-refractivity contribution in [2.75, 3.05) is 26.0 Å². The number of benzene rings is 2. The highest BCUT2D eigenvalue weighted by Gasteiger charge is 2.13. The number of hydrogen-bond donors (Lipinski definition) is 1. The Morgan fingerprint density at radius 1 is 1.14 bits per heavy atom. The monoisotopic (exact) mass is 419 g/mol. The minimum atomic E-state index is -0.194. The smallest absolute Gasteiger partial charge is 0.238 e. The van der Waals surface area contributed by atoms with Crippen LogP contribution in [0.4, 0.5) is 5.69 Å². The van der Waals surface area contributed by atoms with Crippen LogP contribution >= 0.6 is 23.2 Å². The summed E-state index contributed by atoms with van der Waals surface area (Å²) in [4.78, 5) is 14.2. The molecule has 0 saturated carbocycles. The standard InChI is InChI=1S/C20H19Cl2N3O3/c1-25(12-20(26)23-18-9-15(22)7-8-19(18)27-2)11-16-10-17(24-28-16)13-3-5-14(21)6-4-13/h3-10H,11-12H2,1-2H3,(H,23,26). The lowest BCUT2D eigenvalue weighted by Gasteiger charge is -2.15. The fourth-order valence-corrected chi connectivity index (χ4v) is 2.98. The third-order valence-electron chi connectivity index (χ3n) is 3.97. The summed E-state index contributed by atoms with van der Waals surface area (Å²) in [5, 5.41) is 8.05. The van der Waals surface area contributed by atoms with Gasteiger partial charge in [-0.05, 0) is 37.4 Å². The van der Waals surface area contributed by atoms with Gasteiger partial charge in [-0.1, -0.05) is 40.5 Å². The van der Waals surface area contributed by atoms with Gasteiger partial charge in [-0.2, -0.15) is 0 Å². The Balaban J connectivity index is 1.58. The Morgan fingerprint density at radius 3 is 2.57 bits per heavy atom. The van der Waals surface area contributed by atoms with Gasteiger partial charge in [0.15, 0.2) is 5.76 Å². The van der Waals surface area contributed by atoms with Crippen molar-refractivity contribution in [3.05, 3.63) is 64.3 Å². The van der Waals surface area contributed by atoms with Crippen LogP contribution in [0.1, 0.15) is 5.76 Å². The number of rotatable bonds is 7. The van der Waals surface area contributed by atoms with Crippen LogP contribution in [-0.4, -0.2) is 36.7 Å². The van der Waals surface area contributed by atoms with E-state index in [1.54, 1.807) is 30.3 Å². The molecule has 0 spiro atoms. The van der Waals surface area contributed by atoms with Crippen LogP contribution in [0.15, 0.2) is 53.1 Å². The quantitative estimate of drug-likeness (QED) is 0.599. The molecular formula is C20H19Cl2N3O3. The first-order valence-electron chi connectivity index (χ1n) is 8.48. The molecular weight excluding hydrogens is 401 g/mol. The van der Waals surface area contributed by atoms with Crippen LogP contribution in [0.25, 0.3) is 11.3 Å². The van der Waals surface area contributed by atoms with E-state index in [-0.39, 0.29) is 12.5 Å². The highest BCUT2D eigenvalue weighted by molar-refractivity contribution is 6.31. The van der Waals surface area contributed by atoms with E-state index in [2.05, 4.69) is 10.5 Å². The summed E-state index contributed by atoms with van der Waals surface area (Å²) in [6.45, 7) is 0.591. The first-order chi connectivity index (χ1) is 13.4. The maximum Gasteiger partial charge on any atom is 0.238 e. The fourth-order valence-electron chi connectivity index (χ4n) is 2.68. The number of amides is 1. The average Bonchev–Trinajstić information content (AvgIpc) is 3.10. The Bertz CT molecular complexity index is 958. The molecule has 8 heteroatoms. The average molecular weight is 420 g/mol. The zero-order valence-electron chi connectivity index (χ0n) is 15.4. The molecule has 0 aliphatic heterocycles. The summed E-state index contributed by atoms with van der Waals surface area (Å²) < 4.78 is 10.6. The lowest BCUT2D eigenvalue weighted by atomic mass is 10.1. The van der Waals surface area contributed by atoms with Crippen molar-refractivity contribution in [2.24, 2.45) is 0 Å². The first-order valence-corrected chi connectivity index (χ1v) is 9.23. The van der Waals surface area contributed by atoms with Crippen molar-refractivity contribution in [1.82, 2.24) is 10.1 Å². The molecule has 1 aromatic heterocycles. The maximum absolute atomic E-state index is 12.3. The van der Waals surface area contributed by atoms with E-state index in [0.29, 0.717) is 39.5 Å². The number of nitrogens with one attached hydrogen (secondary N) is 1. The van der Waals surface area contributed by atoms with E-state index in [0.717, 1.165) is 5.56 Å². The molecule has 6 nitrogen and oxygen atoms in total. The van der Waals surface area contributed by atoms with Crippen molar-refractivity contribution < 1.29 is 14.1 Å². The molecule has 0 unspecified atom stereocenters. The normalized spacial score (nSPS) is 10.9. The number of aromatic nitrogens is 1. The Kier molecular flexibility index (Phi) is 6.57. The van der Waals surface area contributed by atoms with Crippen molar-refractivity contribution in [3.8, 4) is 17.0 Å². The number of anilines is 1. The van der Waals surface area contributed by atoms with E-state index in [9.17, 15) is 4.79 Å². The third-order valence-corrected chi connectivity index (χ3v) is 4.46. The van der Waals surface area contributed by atoms with Crippen LogP contribution in [-0.2, 0) is 11.3 Å². The highest BCUT2D eigenvalue weighted by atomic mass is 35.5. The predicted octanol–water partition coefficient (Wildman–Crippen LogP) is 4.73. The second kappa shape index (κ2) is 9.10. The molecule has 0 atom stereocenters. The van der Waals surface area contributed by atoms with Crippen LogP contribution in [0.5, 0.6) is 5.75 Å². The summed E-state index contributed by atoms with van der Waals surface area (Å²) >= 11 is 11.9. The maximum atomic E-state index is 12.3. The van der Waals surface area contributed by atoms with Crippen molar-refractivity contribution in [2.45, 2.75) is 6.54 Å². The molecule has 0 saturated heterocycles. The van der Waals surface area contributed by atoms with E-state index >= 15 is 0 Å². The van der Waals surface area contributed by atoms with Crippen LogP contribution < -0.4 is 10.1 Å². The number of likely N-dealkylation sites (N-methyl/N-ethyl adjacent to an activating group) is 1. The molecule has 1 amide bonds. The third kappa shape index (κ3) is 5.25. The Hall–Kier alpha value is -2.54. The number of carbonyl (C=O) groups excluding carboxylic acids is 1. The predicted molar refractivity (Wildman–Crippen MR) is 110 cm³/mol. The van der Waals surface area contributed by atoms with Gasteiger partial charge in [0.1, 0.15) is 11.4 Å². The highest BCUT2D eigenvalue weighted by Crippen LogP contribution is 2.27. The molecule has 1 heterocycles. The van der Waals surface area contributed by atoms with Gasteiger partial charge in [0.25, 0.3) is 0 Å².